The van der Waals surface area contributed by atoms with Gasteiger partial charge in [0.05, 0.1) is 64.9 Å². The van der Waals surface area contributed by atoms with Crippen molar-refractivity contribution in [2.75, 3.05) is 30.4 Å². The zero-order valence-electron chi connectivity index (χ0n) is 26.4. The third-order valence-corrected chi connectivity index (χ3v) is 11.1. The summed E-state index contributed by atoms with van der Waals surface area (Å²) in [4.78, 5) is 8.57. The van der Waals surface area contributed by atoms with Crippen molar-refractivity contribution < 1.29 is 4.74 Å². The predicted molar refractivity (Wildman–Crippen MR) is 188 cm³/mol. The fourth-order valence-electron chi connectivity index (χ4n) is 6.86. The molecule has 2 atom stereocenters. The quantitative estimate of drug-likeness (QED) is 0.140. The first-order chi connectivity index (χ1) is 23.6. The molecule has 1 saturated carbocycles. The molecule has 2 aromatic carbocycles. The van der Waals surface area contributed by atoms with Crippen molar-refractivity contribution >= 4 is 45.2 Å². The fraction of sp³-hybridized carbons (Fsp3) is 0.361. The maximum atomic E-state index is 10.2. The Hall–Kier alpha value is -4.36. The van der Waals surface area contributed by atoms with Gasteiger partial charge in [-0.3, -0.25) is 14.9 Å². The van der Waals surface area contributed by atoms with Crippen molar-refractivity contribution in [2.24, 2.45) is 0 Å². The van der Waals surface area contributed by atoms with E-state index in [2.05, 4.69) is 60.2 Å². The van der Waals surface area contributed by atoms with Gasteiger partial charge >= 0.3 is 0 Å². The Balaban J connectivity index is 1.17. The van der Waals surface area contributed by atoms with Crippen molar-refractivity contribution in [2.45, 2.75) is 62.8 Å². The van der Waals surface area contributed by atoms with Gasteiger partial charge in [0.1, 0.15) is 6.07 Å². The number of hydrazine groups is 2. The van der Waals surface area contributed by atoms with Gasteiger partial charge in [-0.2, -0.15) is 10.5 Å². The number of ether oxygens (including phenoxy) is 1. The van der Waals surface area contributed by atoms with E-state index in [0.29, 0.717) is 46.7 Å². The van der Waals surface area contributed by atoms with Gasteiger partial charge in [0, 0.05) is 53.9 Å². The van der Waals surface area contributed by atoms with Crippen LogP contribution in [0.4, 0.5) is 11.4 Å². The fourth-order valence-corrected chi connectivity index (χ4v) is 8.28. The highest BCUT2D eigenvalue weighted by Gasteiger charge is 2.35. The zero-order chi connectivity index (χ0) is 32.6. The lowest BCUT2D eigenvalue weighted by Crippen LogP contribution is -2.50. The Bertz CT molecular complexity index is 1940. The molecule has 3 aliphatic heterocycles. The van der Waals surface area contributed by atoms with Crippen LogP contribution in [0.2, 0.25) is 5.02 Å². The number of aromatic nitrogens is 1. The van der Waals surface area contributed by atoms with Crippen LogP contribution in [0.25, 0.3) is 10.9 Å². The highest BCUT2D eigenvalue weighted by Crippen LogP contribution is 2.41. The summed E-state index contributed by atoms with van der Waals surface area (Å²) < 4.78 is 5.49. The van der Waals surface area contributed by atoms with E-state index in [4.69, 9.17) is 16.3 Å². The number of hydrogen-bond acceptors (Lipinski definition) is 11. The molecule has 8 rings (SSSR count). The number of halogens is 1. The minimum absolute atomic E-state index is 0.162. The molecule has 244 valence electrons. The van der Waals surface area contributed by atoms with Crippen molar-refractivity contribution in [3.05, 3.63) is 98.1 Å². The summed E-state index contributed by atoms with van der Waals surface area (Å²) in [7, 11) is 0. The number of hydrogen-bond donors (Lipinski definition) is 4. The SMILES string of the molecule is N#CCCC(Nc1c(C#N)cnc2c(Cl)cc(N[C@H](C3=CN(C4CC4)NN3)c3csc4c3CCN(C3COC3)C4)cc12)c1ccccc1. The van der Waals surface area contributed by atoms with Crippen molar-refractivity contribution in [1.82, 2.24) is 25.9 Å². The van der Waals surface area contributed by atoms with E-state index in [1.54, 1.807) is 6.20 Å². The van der Waals surface area contributed by atoms with Crippen LogP contribution in [0.1, 0.15) is 64.9 Å². The molecule has 1 saturated heterocycles. The lowest BCUT2D eigenvalue weighted by atomic mass is 9.95. The third kappa shape index (κ3) is 6.05. The number of fused-ring (bicyclic) bond motifs is 2. The lowest BCUT2D eigenvalue weighted by molar-refractivity contribution is -0.0691. The first kappa shape index (κ1) is 30.9. The molecular formula is C36H36ClN9OS. The first-order valence-corrected chi connectivity index (χ1v) is 17.8. The Morgan fingerprint density at radius 2 is 1.98 bits per heavy atom. The number of thiophene rings is 1. The summed E-state index contributed by atoms with van der Waals surface area (Å²) in [6.45, 7) is 3.62. The molecular weight excluding hydrogens is 642 g/mol. The maximum absolute atomic E-state index is 10.2. The van der Waals surface area contributed by atoms with Crippen LogP contribution in [-0.4, -0.2) is 46.7 Å². The van der Waals surface area contributed by atoms with Gasteiger partial charge in [-0.25, -0.2) is 0 Å². The van der Waals surface area contributed by atoms with Gasteiger partial charge in [0.25, 0.3) is 0 Å². The van der Waals surface area contributed by atoms with Gasteiger partial charge in [-0.05, 0) is 59.9 Å². The summed E-state index contributed by atoms with van der Waals surface area (Å²) in [5.41, 5.74) is 14.1. The predicted octanol–water partition coefficient (Wildman–Crippen LogP) is 6.52. The molecule has 0 bridgehead atoms. The van der Waals surface area contributed by atoms with E-state index in [-0.39, 0.29) is 12.1 Å². The van der Waals surface area contributed by atoms with E-state index in [9.17, 15) is 10.5 Å². The molecule has 4 N–H and O–H groups in total. The number of nitrogens with zero attached hydrogens (tertiary/aromatic N) is 5. The molecule has 4 aromatic rings. The monoisotopic (exact) mass is 677 g/mol. The Kier molecular flexibility index (Phi) is 8.55. The maximum Gasteiger partial charge on any atom is 0.103 e. The lowest BCUT2D eigenvalue weighted by Gasteiger charge is -2.39. The highest BCUT2D eigenvalue weighted by atomic mass is 35.5. The van der Waals surface area contributed by atoms with Crippen LogP contribution in [0.5, 0.6) is 0 Å². The molecule has 0 spiro atoms. The molecule has 10 nitrogen and oxygen atoms in total. The second kappa shape index (κ2) is 13.3. The Labute approximate surface area is 288 Å². The summed E-state index contributed by atoms with van der Waals surface area (Å²) in [6.07, 6.45) is 8.05. The number of rotatable bonds is 11. The topological polar surface area (TPSA) is 124 Å². The van der Waals surface area contributed by atoms with Gasteiger partial charge in [-0.15, -0.1) is 16.9 Å². The van der Waals surface area contributed by atoms with Gasteiger partial charge in [-0.1, -0.05) is 41.9 Å². The molecule has 4 aliphatic rings. The molecule has 2 fully saturated rings. The molecule has 48 heavy (non-hydrogen) atoms. The van der Waals surface area contributed by atoms with E-state index >= 15 is 0 Å². The summed E-state index contributed by atoms with van der Waals surface area (Å²) in [5.74, 6) is 0. The number of nitriles is 2. The molecule has 2 aromatic heterocycles. The summed E-state index contributed by atoms with van der Waals surface area (Å²) in [6, 6.07) is 19.3. The second-order valence-corrected chi connectivity index (χ2v) is 14.2. The minimum Gasteiger partial charge on any atom is -0.378 e. The van der Waals surface area contributed by atoms with Crippen LogP contribution < -0.4 is 21.6 Å². The van der Waals surface area contributed by atoms with Crippen LogP contribution in [0.15, 0.2) is 65.9 Å². The average Bonchev–Trinajstić information content (AvgIpc) is 3.67. The van der Waals surface area contributed by atoms with Gasteiger partial charge in [0.15, 0.2) is 0 Å². The normalized spacial score (nSPS) is 19.0. The molecule has 1 aliphatic carbocycles. The van der Waals surface area contributed by atoms with E-state index in [1.165, 1.54) is 28.8 Å². The van der Waals surface area contributed by atoms with E-state index in [1.807, 2.05) is 53.8 Å². The van der Waals surface area contributed by atoms with Gasteiger partial charge in [0.2, 0.25) is 0 Å². The van der Waals surface area contributed by atoms with Crippen molar-refractivity contribution in [3.8, 4) is 12.1 Å². The second-order valence-electron chi connectivity index (χ2n) is 12.9. The van der Waals surface area contributed by atoms with Crippen molar-refractivity contribution in [1.29, 1.82) is 10.5 Å². The molecule has 0 amide bonds. The van der Waals surface area contributed by atoms with Crippen LogP contribution in [0, 0.1) is 22.7 Å². The number of pyridine rings is 1. The Morgan fingerprint density at radius 1 is 1.12 bits per heavy atom. The van der Waals surface area contributed by atoms with Crippen molar-refractivity contribution in [3.63, 3.8) is 0 Å². The zero-order valence-corrected chi connectivity index (χ0v) is 27.9. The van der Waals surface area contributed by atoms with Crippen LogP contribution in [0.3, 0.4) is 0 Å². The Morgan fingerprint density at radius 3 is 2.73 bits per heavy atom. The minimum atomic E-state index is -0.178. The van der Waals surface area contributed by atoms with Crippen LogP contribution in [-0.2, 0) is 17.7 Å². The molecule has 0 radical (unpaired) electrons. The standard InChI is InChI=1S/C36H36ClN9OS/c37-30-14-24(13-28-34(23(15-39)16-40-35(28)30)42-31(7-4-11-38)22-5-2-1-3-6-22)41-36(32-17-46(44-43-32)25-8-9-25)29-21-48-33-18-45(12-10-27(29)33)26-19-47-20-26/h1-3,5-6,13-14,16-17,21,25-26,31,36,41,43-44H,4,7-10,12,18-20H2,(H,40,42)/t31?,36-/m0/s1. The smallest absolute Gasteiger partial charge is 0.103 e. The third-order valence-electron chi connectivity index (χ3n) is 9.74. The summed E-state index contributed by atoms with van der Waals surface area (Å²) in [5, 5.41) is 32.8. The molecule has 1 unspecified atom stereocenters. The molecule has 5 heterocycles. The summed E-state index contributed by atoms with van der Waals surface area (Å²) >= 11 is 8.80. The number of anilines is 2. The van der Waals surface area contributed by atoms with E-state index < -0.39 is 0 Å². The van der Waals surface area contributed by atoms with Crippen LogP contribution >= 0.6 is 22.9 Å². The average molecular weight is 678 g/mol. The van der Waals surface area contributed by atoms with Gasteiger partial charge < -0.3 is 20.8 Å². The number of benzene rings is 2. The first-order valence-electron chi connectivity index (χ1n) is 16.5. The van der Waals surface area contributed by atoms with E-state index in [0.717, 1.165) is 55.1 Å². The highest BCUT2D eigenvalue weighted by molar-refractivity contribution is 7.10. The largest absolute Gasteiger partial charge is 0.378 e. The molecule has 12 heteroatoms. The number of nitrogens with one attached hydrogen (secondary N) is 4.